The van der Waals surface area contributed by atoms with Gasteiger partial charge in [0.05, 0.1) is 6.61 Å². The Morgan fingerprint density at radius 3 is 2.78 bits per heavy atom. The summed E-state index contributed by atoms with van der Waals surface area (Å²) in [5.74, 6) is 0.872. The van der Waals surface area contributed by atoms with Crippen molar-refractivity contribution in [2.24, 2.45) is 5.92 Å². The predicted octanol–water partition coefficient (Wildman–Crippen LogP) is 0.121. The van der Waals surface area contributed by atoms with Crippen LogP contribution in [0.25, 0.3) is 0 Å². The third-order valence-corrected chi connectivity index (χ3v) is 2.78. The minimum absolute atomic E-state index is 0.157. The zero-order valence-corrected chi connectivity index (χ0v) is 5.56. The Hall–Kier alpha value is -0.0800. The fourth-order valence-electron chi connectivity index (χ4n) is 2.13. The topological polar surface area (TPSA) is 32.3 Å². The van der Waals surface area contributed by atoms with Gasteiger partial charge in [-0.05, 0) is 31.7 Å². The highest BCUT2D eigenvalue weighted by Gasteiger charge is 2.43. The van der Waals surface area contributed by atoms with E-state index in [9.17, 15) is 0 Å². The highest BCUT2D eigenvalue weighted by atomic mass is 16.3. The smallest absolute Gasteiger partial charge is 0.0613 e. The molecule has 1 heterocycles. The monoisotopic (exact) mass is 127 g/mol. The van der Waals surface area contributed by atoms with Gasteiger partial charge in [-0.1, -0.05) is 0 Å². The van der Waals surface area contributed by atoms with Crippen LogP contribution in [0.3, 0.4) is 0 Å². The lowest BCUT2D eigenvalue weighted by molar-refractivity contribution is 0.178. The molecule has 1 aliphatic heterocycles. The number of rotatable bonds is 1. The van der Waals surface area contributed by atoms with Gasteiger partial charge < -0.3 is 10.4 Å². The summed E-state index contributed by atoms with van der Waals surface area (Å²) in [6, 6.07) is 0. The highest BCUT2D eigenvalue weighted by Crippen LogP contribution is 2.39. The van der Waals surface area contributed by atoms with E-state index in [0.717, 1.165) is 12.5 Å². The molecule has 2 aliphatic rings. The van der Waals surface area contributed by atoms with E-state index in [2.05, 4.69) is 5.32 Å². The molecule has 2 fully saturated rings. The number of fused-ring (bicyclic) bond motifs is 2. The van der Waals surface area contributed by atoms with Gasteiger partial charge in [0.1, 0.15) is 0 Å². The second kappa shape index (κ2) is 1.70. The Morgan fingerprint density at radius 1 is 1.67 bits per heavy atom. The summed E-state index contributed by atoms with van der Waals surface area (Å²) in [5.41, 5.74) is 0.157. The van der Waals surface area contributed by atoms with Crippen LogP contribution in [0.4, 0.5) is 0 Å². The summed E-state index contributed by atoms with van der Waals surface area (Å²) in [6.07, 6.45) is 3.73. The molecule has 0 radical (unpaired) electrons. The normalized spacial score (nSPS) is 48.3. The first-order valence-electron chi connectivity index (χ1n) is 3.71. The first-order chi connectivity index (χ1) is 4.35. The van der Waals surface area contributed by atoms with Crippen molar-refractivity contribution < 1.29 is 5.11 Å². The molecule has 2 heteroatoms. The Morgan fingerprint density at radius 2 is 2.56 bits per heavy atom. The fraction of sp³-hybridized carbons (Fsp3) is 1.00. The SMILES string of the molecule is OCC12CCC(CN1)C2. The zero-order valence-electron chi connectivity index (χ0n) is 5.56. The van der Waals surface area contributed by atoms with E-state index >= 15 is 0 Å². The van der Waals surface area contributed by atoms with Gasteiger partial charge in [0, 0.05) is 5.54 Å². The van der Waals surface area contributed by atoms with Crippen molar-refractivity contribution in [2.45, 2.75) is 24.8 Å². The minimum atomic E-state index is 0.157. The number of aliphatic hydroxyl groups is 1. The predicted molar refractivity (Wildman–Crippen MR) is 35.2 cm³/mol. The molecule has 0 aromatic carbocycles. The van der Waals surface area contributed by atoms with Crippen LogP contribution in [0, 0.1) is 5.92 Å². The molecule has 1 saturated carbocycles. The molecular formula is C7H13NO. The largest absolute Gasteiger partial charge is 0.394 e. The maximum atomic E-state index is 8.98. The van der Waals surface area contributed by atoms with Gasteiger partial charge in [-0.3, -0.25) is 0 Å². The number of aliphatic hydroxyl groups excluding tert-OH is 1. The third-order valence-electron chi connectivity index (χ3n) is 2.78. The molecule has 0 aromatic rings. The molecule has 2 nitrogen and oxygen atoms in total. The molecule has 52 valence electrons. The first kappa shape index (κ1) is 5.69. The summed E-state index contributed by atoms with van der Waals surface area (Å²) >= 11 is 0. The van der Waals surface area contributed by atoms with Crippen molar-refractivity contribution in [2.75, 3.05) is 13.2 Å². The number of nitrogens with one attached hydrogen (secondary N) is 1. The fourth-order valence-corrected chi connectivity index (χ4v) is 2.13. The average molecular weight is 127 g/mol. The number of hydrogen-bond donors (Lipinski definition) is 2. The molecule has 1 aliphatic carbocycles. The summed E-state index contributed by atoms with van der Waals surface area (Å²) < 4.78 is 0. The summed E-state index contributed by atoms with van der Waals surface area (Å²) in [7, 11) is 0. The van der Waals surface area contributed by atoms with Crippen LogP contribution in [0.1, 0.15) is 19.3 Å². The molecule has 0 aromatic heterocycles. The molecule has 2 unspecified atom stereocenters. The highest BCUT2D eigenvalue weighted by molar-refractivity contribution is 5.02. The van der Waals surface area contributed by atoms with Crippen LogP contribution >= 0.6 is 0 Å². The quantitative estimate of drug-likeness (QED) is 0.524. The van der Waals surface area contributed by atoms with Gasteiger partial charge >= 0.3 is 0 Å². The lowest BCUT2D eigenvalue weighted by Crippen LogP contribution is -2.43. The molecule has 9 heavy (non-hydrogen) atoms. The third kappa shape index (κ3) is 0.700. The van der Waals surface area contributed by atoms with Crippen LogP contribution in [0.15, 0.2) is 0 Å². The van der Waals surface area contributed by atoms with Crippen LogP contribution < -0.4 is 5.32 Å². The zero-order chi connectivity index (χ0) is 6.32. The standard InChI is InChI=1S/C7H13NO/c9-5-7-2-1-6(3-7)4-8-7/h6,8-9H,1-5H2. The molecule has 2 atom stereocenters. The van der Waals surface area contributed by atoms with Gasteiger partial charge in [-0.15, -0.1) is 0 Å². The number of piperidine rings is 1. The van der Waals surface area contributed by atoms with Gasteiger partial charge in [0.25, 0.3) is 0 Å². The van der Waals surface area contributed by atoms with Crippen molar-refractivity contribution in [1.82, 2.24) is 5.32 Å². The molecule has 1 saturated heterocycles. The maximum absolute atomic E-state index is 8.98. The minimum Gasteiger partial charge on any atom is -0.394 e. The molecule has 2 rings (SSSR count). The number of hydrogen-bond acceptors (Lipinski definition) is 2. The van der Waals surface area contributed by atoms with E-state index in [1.807, 2.05) is 0 Å². The Balaban J connectivity index is 2.13. The van der Waals surface area contributed by atoms with Crippen LogP contribution in [-0.2, 0) is 0 Å². The van der Waals surface area contributed by atoms with Crippen molar-refractivity contribution in [3.8, 4) is 0 Å². The maximum Gasteiger partial charge on any atom is 0.0613 e. The van der Waals surface area contributed by atoms with Crippen molar-refractivity contribution in [3.63, 3.8) is 0 Å². The lowest BCUT2D eigenvalue weighted by atomic mass is 10.0. The molecule has 2 N–H and O–H groups in total. The van der Waals surface area contributed by atoms with Crippen molar-refractivity contribution >= 4 is 0 Å². The first-order valence-corrected chi connectivity index (χ1v) is 3.71. The van der Waals surface area contributed by atoms with E-state index in [1.54, 1.807) is 0 Å². The molecular weight excluding hydrogens is 114 g/mol. The Bertz CT molecular complexity index is 116. The van der Waals surface area contributed by atoms with E-state index in [0.29, 0.717) is 6.61 Å². The van der Waals surface area contributed by atoms with E-state index in [1.165, 1.54) is 19.3 Å². The van der Waals surface area contributed by atoms with E-state index in [-0.39, 0.29) is 5.54 Å². The van der Waals surface area contributed by atoms with Gasteiger partial charge in [0.2, 0.25) is 0 Å². The second-order valence-electron chi connectivity index (χ2n) is 3.43. The summed E-state index contributed by atoms with van der Waals surface area (Å²) in [4.78, 5) is 0. The van der Waals surface area contributed by atoms with Gasteiger partial charge in [0.15, 0.2) is 0 Å². The lowest BCUT2D eigenvalue weighted by Gasteiger charge is -2.24. The molecule has 0 spiro atoms. The van der Waals surface area contributed by atoms with Gasteiger partial charge in [-0.2, -0.15) is 0 Å². The summed E-state index contributed by atoms with van der Waals surface area (Å²) in [5, 5.41) is 12.3. The van der Waals surface area contributed by atoms with Crippen molar-refractivity contribution in [1.29, 1.82) is 0 Å². The van der Waals surface area contributed by atoms with Crippen LogP contribution in [0.2, 0.25) is 0 Å². The van der Waals surface area contributed by atoms with Crippen LogP contribution in [0.5, 0.6) is 0 Å². The van der Waals surface area contributed by atoms with Crippen LogP contribution in [-0.4, -0.2) is 23.8 Å². The van der Waals surface area contributed by atoms with E-state index in [4.69, 9.17) is 5.11 Å². The van der Waals surface area contributed by atoms with E-state index < -0.39 is 0 Å². The summed E-state index contributed by atoms with van der Waals surface area (Å²) in [6.45, 7) is 1.48. The second-order valence-corrected chi connectivity index (χ2v) is 3.43. The average Bonchev–Trinajstić information content (AvgIpc) is 2.46. The van der Waals surface area contributed by atoms with Gasteiger partial charge in [-0.25, -0.2) is 0 Å². The Kier molecular flexibility index (Phi) is 1.08. The molecule has 0 amide bonds. The van der Waals surface area contributed by atoms with Crippen molar-refractivity contribution in [3.05, 3.63) is 0 Å². The molecule has 2 bridgehead atoms. The Labute approximate surface area is 55.3 Å².